The van der Waals surface area contributed by atoms with Crippen molar-refractivity contribution in [2.24, 2.45) is 0 Å². The summed E-state index contributed by atoms with van der Waals surface area (Å²) >= 11 is 11.9. The van der Waals surface area contributed by atoms with Crippen molar-refractivity contribution in [1.29, 1.82) is 0 Å². The van der Waals surface area contributed by atoms with Crippen LogP contribution in [0.25, 0.3) is 0 Å². The molecule has 0 radical (unpaired) electrons. The van der Waals surface area contributed by atoms with Gasteiger partial charge in [-0.25, -0.2) is 0 Å². The molecule has 12 heavy (non-hydrogen) atoms. The molecule has 1 aliphatic heterocycles. The molecular formula is C9H9Cl2N. The quantitative estimate of drug-likeness (QED) is 0.737. The standard InChI is InChI=1S/C9H9Cl2N/c10-6-1-2-8(11)7(5-6)9-3-4-12-9/h1-2,5,9,12H,3-4H2. The zero-order chi connectivity index (χ0) is 8.55. The number of halogens is 2. The lowest BCUT2D eigenvalue weighted by Gasteiger charge is -2.28. The van der Waals surface area contributed by atoms with Crippen molar-refractivity contribution >= 4 is 23.2 Å². The first-order chi connectivity index (χ1) is 5.77. The van der Waals surface area contributed by atoms with Gasteiger partial charge in [0.1, 0.15) is 0 Å². The summed E-state index contributed by atoms with van der Waals surface area (Å²) < 4.78 is 0. The molecule has 1 unspecified atom stereocenters. The lowest BCUT2D eigenvalue weighted by Crippen LogP contribution is -2.35. The highest BCUT2D eigenvalue weighted by Crippen LogP contribution is 2.31. The monoisotopic (exact) mass is 201 g/mol. The number of rotatable bonds is 1. The van der Waals surface area contributed by atoms with Gasteiger partial charge < -0.3 is 5.32 Å². The second-order valence-corrected chi connectivity index (χ2v) is 3.80. The Balaban J connectivity index is 2.34. The van der Waals surface area contributed by atoms with E-state index in [0.717, 1.165) is 28.6 Å². The maximum Gasteiger partial charge on any atom is 0.0454 e. The number of hydrogen-bond donors (Lipinski definition) is 1. The number of benzene rings is 1. The lowest BCUT2D eigenvalue weighted by atomic mass is 9.98. The Labute approximate surface area is 81.7 Å². The Hall–Kier alpha value is -0.240. The Morgan fingerprint density at radius 2 is 2.08 bits per heavy atom. The van der Waals surface area contributed by atoms with E-state index < -0.39 is 0 Å². The molecule has 3 heteroatoms. The van der Waals surface area contributed by atoms with E-state index in [2.05, 4.69) is 5.32 Å². The van der Waals surface area contributed by atoms with Crippen LogP contribution >= 0.6 is 23.2 Å². The highest BCUT2D eigenvalue weighted by molar-refractivity contribution is 6.33. The van der Waals surface area contributed by atoms with E-state index in [9.17, 15) is 0 Å². The fourth-order valence-electron chi connectivity index (χ4n) is 1.34. The van der Waals surface area contributed by atoms with Gasteiger partial charge in [0, 0.05) is 16.1 Å². The molecule has 1 atom stereocenters. The molecule has 1 aromatic carbocycles. The van der Waals surface area contributed by atoms with E-state index in [0.29, 0.717) is 6.04 Å². The predicted octanol–water partition coefficient (Wildman–Crippen LogP) is 3.03. The van der Waals surface area contributed by atoms with E-state index in [1.807, 2.05) is 18.2 Å². The molecule has 0 aromatic heterocycles. The van der Waals surface area contributed by atoms with Crippen molar-refractivity contribution in [3.63, 3.8) is 0 Å². The molecule has 1 heterocycles. The molecular weight excluding hydrogens is 193 g/mol. The van der Waals surface area contributed by atoms with Crippen molar-refractivity contribution in [3.05, 3.63) is 33.8 Å². The van der Waals surface area contributed by atoms with Crippen LogP contribution in [0, 0.1) is 0 Å². The van der Waals surface area contributed by atoms with Crippen LogP contribution in [0.3, 0.4) is 0 Å². The van der Waals surface area contributed by atoms with Crippen molar-refractivity contribution in [2.45, 2.75) is 12.5 Å². The zero-order valence-electron chi connectivity index (χ0n) is 6.48. The summed E-state index contributed by atoms with van der Waals surface area (Å²) in [6, 6.07) is 6.00. The van der Waals surface area contributed by atoms with E-state index in [4.69, 9.17) is 23.2 Å². The second-order valence-electron chi connectivity index (χ2n) is 2.96. The maximum absolute atomic E-state index is 6.01. The summed E-state index contributed by atoms with van der Waals surface area (Å²) in [5.74, 6) is 0. The summed E-state index contributed by atoms with van der Waals surface area (Å²) in [5.41, 5.74) is 1.12. The smallest absolute Gasteiger partial charge is 0.0454 e. The summed E-state index contributed by atoms with van der Waals surface area (Å²) in [6.45, 7) is 1.08. The van der Waals surface area contributed by atoms with Crippen molar-refractivity contribution in [2.75, 3.05) is 6.54 Å². The largest absolute Gasteiger partial charge is 0.310 e. The van der Waals surface area contributed by atoms with E-state index in [1.165, 1.54) is 0 Å². The van der Waals surface area contributed by atoms with Crippen LogP contribution in [0.15, 0.2) is 18.2 Å². The zero-order valence-corrected chi connectivity index (χ0v) is 7.99. The molecule has 1 nitrogen and oxygen atoms in total. The molecule has 0 spiro atoms. The minimum Gasteiger partial charge on any atom is -0.310 e. The van der Waals surface area contributed by atoms with Gasteiger partial charge in [-0.2, -0.15) is 0 Å². The Kier molecular flexibility index (Phi) is 2.26. The third-order valence-electron chi connectivity index (χ3n) is 2.16. The first-order valence-corrected chi connectivity index (χ1v) is 4.71. The van der Waals surface area contributed by atoms with Gasteiger partial charge in [0.05, 0.1) is 0 Å². The highest BCUT2D eigenvalue weighted by atomic mass is 35.5. The molecule has 0 bridgehead atoms. The maximum atomic E-state index is 6.01. The van der Waals surface area contributed by atoms with Gasteiger partial charge in [-0.3, -0.25) is 0 Å². The number of hydrogen-bond acceptors (Lipinski definition) is 1. The molecule has 1 N–H and O–H groups in total. The minimum atomic E-state index is 0.413. The molecule has 0 saturated carbocycles. The molecule has 0 aliphatic carbocycles. The van der Waals surface area contributed by atoms with Gasteiger partial charge in [0.25, 0.3) is 0 Å². The van der Waals surface area contributed by atoms with Crippen LogP contribution < -0.4 is 5.32 Å². The molecule has 1 aromatic rings. The van der Waals surface area contributed by atoms with Crippen molar-refractivity contribution in [1.82, 2.24) is 5.32 Å². The van der Waals surface area contributed by atoms with Gasteiger partial charge >= 0.3 is 0 Å². The average molecular weight is 202 g/mol. The molecule has 0 amide bonds. The topological polar surface area (TPSA) is 12.0 Å². The Bertz CT molecular complexity index is 295. The van der Waals surface area contributed by atoms with Crippen LogP contribution in [-0.2, 0) is 0 Å². The van der Waals surface area contributed by atoms with Crippen molar-refractivity contribution in [3.8, 4) is 0 Å². The first kappa shape index (κ1) is 8.36. The van der Waals surface area contributed by atoms with Crippen molar-refractivity contribution < 1.29 is 0 Å². The Morgan fingerprint density at radius 3 is 2.67 bits per heavy atom. The van der Waals surface area contributed by atoms with Crippen LogP contribution in [-0.4, -0.2) is 6.54 Å². The first-order valence-electron chi connectivity index (χ1n) is 3.96. The highest BCUT2D eigenvalue weighted by Gasteiger charge is 2.20. The third-order valence-corrected chi connectivity index (χ3v) is 2.74. The van der Waals surface area contributed by atoms with E-state index >= 15 is 0 Å². The van der Waals surface area contributed by atoms with Crippen LogP contribution in [0.5, 0.6) is 0 Å². The van der Waals surface area contributed by atoms with E-state index in [-0.39, 0.29) is 0 Å². The third kappa shape index (κ3) is 1.45. The molecule has 2 rings (SSSR count). The Morgan fingerprint density at radius 1 is 1.33 bits per heavy atom. The van der Waals surface area contributed by atoms with Gasteiger partial charge in [-0.15, -0.1) is 0 Å². The van der Waals surface area contributed by atoms with E-state index in [1.54, 1.807) is 0 Å². The molecule has 1 fully saturated rings. The SMILES string of the molecule is Clc1ccc(Cl)c(C2CCN2)c1. The summed E-state index contributed by atoms with van der Waals surface area (Å²) in [6.07, 6.45) is 1.15. The summed E-state index contributed by atoms with van der Waals surface area (Å²) in [5, 5.41) is 4.84. The number of nitrogens with one attached hydrogen (secondary N) is 1. The summed E-state index contributed by atoms with van der Waals surface area (Å²) in [7, 11) is 0. The van der Waals surface area contributed by atoms with Gasteiger partial charge in [0.2, 0.25) is 0 Å². The summed E-state index contributed by atoms with van der Waals surface area (Å²) in [4.78, 5) is 0. The van der Waals surface area contributed by atoms with Crippen LogP contribution in [0.2, 0.25) is 10.0 Å². The fraction of sp³-hybridized carbons (Fsp3) is 0.333. The minimum absolute atomic E-state index is 0.413. The van der Waals surface area contributed by atoms with Gasteiger partial charge in [-0.1, -0.05) is 23.2 Å². The van der Waals surface area contributed by atoms with Gasteiger partial charge in [-0.05, 0) is 36.7 Å². The predicted molar refractivity (Wildman–Crippen MR) is 51.8 cm³/mol. The normalized spacial score (nSPS) is 22.0. The average Bonchev–Trinajstić information content (AvgIpc) is 1.93. The lowest BCUT2D eigenvalue weighted by molar-refractivity contribution is 0.383. The fourth-order valence-corrected chi connectivity index (χ4v) is 1.77. The van der Waals surface area contributed by atoms with Crippen LogP contribution in [0.4, 0.5) is 0 Å². The molecule has 64 valence electrons. The molecule has 1 saturated heterocycles. The van der Waals surface area contributed by atoms with Crippen LogP contribution in [0.1, 0.15) is 18.0 Å². The second kappa shape index (κ2) is 3.25. The van der Waals surface area contributed by atoms with Gasteiger partial charge in [0.15, 0.2) is 0 Å². The molecule has 1 aliphatic rings.